The molecule has 2 aliphatic carbocycles. The molecule has 1 aromatic carbocycles. The standard InChI is InChI=1S/C28H37N7O/c1-27(2)19-9-12-28(27,3)23(17-19)34-25(36)22-10-14-31-26(33-22)32-21-8-5-7-20(18-21)29-15-11-24-30-13-6-16-35(24)4/h5-8,10,13-14,18-19,23,29H,9,11-12,15-17H2,1-4H3,(H,34,36)(H,31,32,33). The van der Waals surface area contributed by atoms with E-state index in [1.54, 1.807) is 12.3 Å². The van der Waals surface area contributed by atoms with Gasteiger partial charge in [-0.15, -0.1) is 0 Å². The van der Waals surface area contributed by atoms with Crippen LogP contribution in [0.4, 0.5) is 17.3 Å². The normalized spacial score (nSPS) is 26.0. The Balaban J connectivity index is 1.19. The van der Waals surface area contributed by atoms with E-state index < -0.39 is 0 Å². The summed E-state index contributed by atoms with van der Waals surface area (Å²) in [6, 6.07) is 9.84. The summed E-state index contributed by atoms with van der Waals surface area (Å²) in [5.74, 6) is 2.02. The van der Waals surface area contributed by atoms with Crippen LogP contribution in [0.15, 0.2) is 53.8 Å². The topological polar surface area (TPSA) is 94.5 Å². The van der Waals surface area contributed by atoms with Gasteiger partial charge in [-0.05, 0) is 66.4 Å². The molecule has 0 radical (unpaired) electrons. The SMILES string of the molecule is CN1CC=CN=C1CCNc1cccc(Nc2nccc(C(=O)NC3CC4CCC3(C)C4(C)C)n2)c1. The van der Waals surface area contributed by atoms with Crippen molar-refractivity contribution in [1.29, 1.82) is 0 Å². The number of nitrogens with one attached hydrogen (secondary N) is 3. The first-order valence-corrected chi connectivity index (χ1v) is 12.9. The van der Waals surface area contributed by atoms with E-state index in [4.69, 9.17) is 0 Å². The average molecular weight is 488 g/mol. The van der Waals surface area contributed by atoms with E-state index in [9.17, 15) is 4.79 Å². The van der Waals surface area contributed by atoms with Gasteiger partial charge in [0, 0.05) is 56.4 Å². The summed E-state index contributed by atoms with van der Waals surface area (Å²) in [7, 11) is 2.06. The Morgan fingerprint density at radius 1 is 1.19 bits per heavy atom. The van der Waals surface area contributed by atoms with Crippen molar-refractivity contribution in [2.45, 2.75) is 52.5 Å². The second kappa shape index (κ2) is 9.56. The number of aliphatic imine (C=N–C) groups is 1. The number of aromatic nitrogens is 2. The molecule has 5 rings (SSSR count). The van der Waals surface area contributed by atoms with Gasteiger partial charge in [0.05, 0.1) is 0 Å². The Hall–Kier alpha value is -3.42. The molecule has 3 atom stereocenters. The summed E-state index contributed by atoms with van der Waals surface area (Å²) < 4.78 is 0. The van der Waals surface area contributed by atoms with Gasteiger partial charge in [0.2, 0.25) is 5.95 Å². The second-order valence-electron chi connectivity index (χ2n) is 11.1. The number of fused-ring (bicyclic) bond motifs is 2. The molecule has 1 aliphatic heterocycles. The van der Waals surface area contributed by atoms with E-state index in [0.717, 1.165) is 43.1 Å². The highest BCUT2D eigenvalue weighted by Crippen LogP contribution is 2.65. The van der Waals surface area contributed by atoms with E-state index in [-0.39, 0.29) is 22.8 Å². The molecule has 8 nitrogen and oxygen atoms in total. The number of hydrogen-bond donors (Lipinski definition) is 3. The van der Waals surface area contributed by atoms with Crippen LogP contribution in [-0.2, 0) is 0 Å². The number of amidine groups is 1. The van der Waals surface area contributed by atoms with Crippen LogP contribution >= 0.6 is 0 Å². The van der Waals surface area contributed by atoms with E-state index in [1.165, 1.54) is 12.8 Å². The van der Waals surface area contributed by atoms with Crippen LogP contribution in [0.5, 0.6) is 0 Å². The minimum absolute atomic E-state index is 0.129. The summed E-state index contributed by atoms with van der Waals surface area (Å²) in [6.07, 6.45) is 9.86. The maximum absolute atomic E-state index is 13.1. The van der Waals surface area contributed by atoms with Crippen molar-refractivity contribution in [1.82, 2.24) is 20.2 Å². The fourth-order valence-corrected chi connectivity index (χ4v) is 6.16. The first-order valence-electron chi connectivity index (χ1n) is 12.9. The summed E-state index contributed by atoms with van der Waals surface area (Å²) in [5.41, 5.74) is 2.62. The van der Waals surface area contributed by atoms with Gasteiger partial charge < -0.3 is 20.9 Å². The first kappa shape index (κ1) is 24.3. The van der Waals surface area contributed by atoms with Crippen LogP contribution < -0.4 is 16.0 Å². The molecule has 3 N–H and O–H groups in total. The van der Waals surface area contributed by atoms with Gasteiger partial charge in [0.1, 0.15) is 11.5 Å². The Morgan fingerprint density at radius 2 is 2.03 bits per heavy atom. The van der Waals surface area contributed by atoms with Crippen molar-refractivity contribution in [3.8, 4) is 0 Å². The molecular weight excluding hydrogens is 450 g/mol. The van der Waals surface area contributed by atoms with Gasteiger partial charge in [0.15, 0.2) is 0 Å². The Kier molecular flexibility index (Phi) is 6.45. The summed E-state index contributed by atoms with van der Waals surface area (Å²) in [4.78, 5) is 28.6. The van der Waals surface area contributed by atoms with Gasteiger partial charge in [-0.2, -0.15) is 0 Å². The Bertz CT molecular complexity index is 1190. The van der Waals surface area contributed by atoms with E-state index in [1.807, 2.05) is 36.5 Å². The summed E-state index contributed by atoms with van der Waals surface area (Å²) >= 11 is 0. The van der Waals surface area contributed by atoms with Crippen molar-refractivity contribution >= 4 is 29.1 Å². The van der Waals surface area contributed by atoms with Crippen LogP contribution in [0.25, 0.3) is 0 Å². The van der Waals surface area contributed by atoms with Crippen LogP contribution in [0, 0.1) is 16.7 Å². The number of nitrogens with zero attached hydrogens (tertiary/aromatic N) is 4. The van der Waals surface area contributed by atoms with E-state index >= 15 is 0 Å². The van der Waals surface area contributed by atoms with Crippen molar-refractivity contribution in [3.05, 3.63) is 54.5 Å². The number of carbonyl (C=O) groups is 1. The van der Waals surface area contributed by atoms with E-state index in [0.29, 0.717) is 17.6 Å². The molecule has 1 aromatic heterocycles. The van der Waals surface area contributed by atoms with Crippen molar-refractivity contribution in [2.75, 3.05) is 30.8 Å². The molecule has 36 heavy (non-hydrogen) atoms. The third-order valence-electron chi connectivity index (χ3n) is 8.93. The lowest BCUT2D eigenvalue weighted by Crippen LogP contribution is -2.47. The molecule has 2 saturated carbocycles. The molecule has 1 amide bonds. The molecule has 2 bridgehead atoms. The van der Waals surface area contributed by atoms with Gasteiger partial charge in [-0.1, -0.05) is 26.8 Å². The fraction of sp³-hybridized carbons (Fsp3) is 0.500. The van der Waals surface area contributed by atoms with Crippen LogP contribution in [0.2, 0.25) is 0 Å². The highest BCUT2D eigenvalue weighted by atomic mass is 16.2. The molecule has 3 aliphatic rings. The highest BCUT2D eigenvalue weighted by Gasteiger charge is 2.61. The van der Waals surface area contributed by atoms with Crippen molar-refractivity contribution in [2.24, 2.45) is 21.7 Å². The lowest BCUT2D eigenvalue weighted by Gasteiger charge is -2.39. The third-order valence-corrected chi connectivity index (χ3v) is 8.93. The molecule has 2 fully saturated rings. The summed E-state index contributed by atoms with van der Waals surface area (Å²) in [6.45, 7) is 8.72. The first-order chi connectivity index (χ1) is 17.3. The maximum Gasteiger partial charge on any atom is 0.270 e. The fourth-order valence-electron chi connectivity index (χ4n) is 6.16. The zero-order valence-corrected chi connectivity index (χ0v) is 21.7. The average Bonchev–Trinajstić information content (AvgIpc) is 3.19. The number of likely N-dealkylation sites (N-methyl/N-ethyl adjacent to an activating group) is 1. The maximum atomic E-state index is 13.1. The Morgan fingerprint density at radius 3 is 2.78 bits per heavy atom. The van der Waals surface area contributed by atoms with E-state index in [2.05, 4.69) is 63.6 Å². The van der Waals surface area contributed by atoms with Gasteiger partial charge in [-0.25, -0.2) is 15.0 Å². The largest absolute Gasteiger partial charge is 0.385 e. The molecular formula is C28H37N7O. The smallest absolute Gasteiger partial charge is 0.270 e. The van der Waals surface area contributed by atoms with Crippen LogP contribution in [0.3, 0.4) is 0 Å². The molecule has 3 unspecified atom stereocenters. The molecule has 2 aromatic rings. The Labute approximate surface area is 213 Å². The van der Waals surface area contributed by atoms with Crippen LogP contribution in [-0.4, -0.2) is 52.8 Å². The number of rotatable bonds is 8. The third kappa shape index (κ3) is 4.56. The lowest BCUT2D eigenvalue weighted by molar-refractivity contribution is 0.0821. The monoisotopic (exact) mass is 487 g/mol. The van der Waals surface area contributed by atoms with Gasteiger partial charge in [-0.3, -0.25) is 4.79 Å². The number of carbonyl (C=O) groups excluding carboxylic acids is 1. The number of benzene rings is 1. The van der Waals surface area contributed by atoms with Gasteiger partial charge in [0.25, 0.3) is 5.91 Å². The summed E-state index contributed by atoms with van der Waals surface area (Å²) in [5, 5.41) is 9.99. The zero-order valence-electron chi connectivity index (χ0n) is 21.7. The number of amides is 1. The second-order valence-corrected chi connectivity index (χ2v) is 11.1. The van der Waals surface area contributed by atoms with Crippen LogP contribution in [0.1, 0.15) is 56.9 Å². The predicted octanol–water partition coefficient (Wildman–Crippen LogP) is 4.82. The number of hydrogen-bond acceptors (Lipinski definition) is 7. The van der Waals surface area contributed by atoms with Crippen molar-refractivity contribution in [3.63, 3.8) is 0 Å². The lowest BCUT2D eigenvalue weighted by atomic mass is 9.69. The van der Waals surface area contributed by atoms with Gasteiger partial charge >= 0.3 is 0 Å². The highest BCUT2D eigenvalue weighted by molar-refractivity contribution is 5.92. The molecule has 2 heterocycles. The minimum atomic E-state index is -0.129. The molecule has 0 spiro atoms. The van der Waals surface area contributed by atoms with Crippen molar-refractivity contribution < 1.29 is 4.79 Å². The minimum Gasteiger partial charge on any atom is -0.385 e. The zero-order chi connectivity index (χ0) is 25.3. The molecule has 0 saturated heterocycles. The molecule has 8 heteroatoms. The number of anilines is 3. The predicted molar refractivity (Wildman–Crippen MR) is 145 cm³/mol. The quantitative estimate of drug-likeness (QED) is 0.494. The molecule has 190 valence electrons.